The third-order valence-electron chi connectivity index (χ3n) is 2.55. The maximum atomic E-state index is 5.92. The van der Waals surface area contributed by atoms with Crippen molar-refractivity contribution in [1.82, 2.24) is 4.98 Å². The number of para-hydroxylation sites is 1. The zero-order valence-corrected chi connectivity index (χ0v) is 10.3. The molecule has 0 saturated heterocycles. The van der Waals surface area contributed by atoms with Gasteiger partial charge in [0.05, 0.1) is 11.1 Å². The largest absolute Gasteiger partial charge is 0.398 e. The van der Waals surface area contributed by atoms with Gasteiger partial charge >= 0.3 is 0 Å². The molecule has 1 unspecified atom stereocenters. The Kier molecular flexibility index (Phi) is 3.49. The van der Waals surface area contributed by atoms with E-state index in [0.717, 1.165) is 17.1 Å². The molecule has 1 aromatic carbocycles. The predicted molar refractivity (Wildman–Crippen MR) is 72.1 cm³/mol. The SMILES string of the molecule is CC(Nc1ccc(Cl)cn1)c1ccccc1N. The van der Waals surface area contributed by atoms with Crippen molar-refractivity contribution in [3.05, 3.63) is 53.2 Å². The van der Waals surface area contributed by atoms with Crippen molar-refractivity contribution < 1.29 is 0 Å². The van der Waals surface area contributed by atoms with E-state index in [0.29, 0.717) is 5.02 Å². The average Bonchev–Trinajstić information content (AvgIpc) is 2.32. The molecule has 0 spiro atoms. The Morgan fingerprint density at radius 1 is 1.24 bits per heavy atom. The van der Waals surface area contributed by atoms with Crippen LogP contribution in [0.4, 0.5) is 11.5 Å². The maximum absolute atomic E-state index is 5.92. The Labute approximate surface area is 106 Å². The fourth-order valence-corrected chi connectivity index (χ4v) is 1.78. The zero-order chi connectivity index (χ0) is 12.3. The van der Waals surface area contributed by atoms with E-state index in [1.54, 1.807) is 12.3 Å². The Bertz CT molecular complexity index is 496. The molecule has 0 amide bonds. The van der Waals surface area contributed by atoms with Crippen LogP contribution in [-0.4, -0.2) is 4.98 Å². The third kappa shape index (κ3) is 2.88. The smallest absolute Gasteiger partial charge is 0.126 e. The number of nitrogen functional groups attached to an aromatic ring is 1. The van der Waals surface area contributed by atoms with Crippen molar-refractivity contribution >= 4 is 23.1 Å². The first kappa shape index (κ1) is 11.7. The van der Waals surface area contributed by atoms with E-state index >= 15 is 0 Å². The number of halogens is 1. The highest BCUT2D eigenvalue weighted by atomic mass is 35.5. The van der Waals surface area contributed by atoms with Gasteiger partial charge in [-0.2, -0.15) is 0 Å². The number of pyridine rings is 1. The topological polar surface area (TPSA) is 50.9 Å². The predicted octanol–water partition coefficient (Wildman–Crippen LogP) is 3.49. The highest BCUT2D eigenvalue weighted by Gasteiger charge is 2.08. The van der Waals surface area contributed by atoms with Gasteiger partial charge < -0.3 is 11.1 Å². The molecule has 0 bridgehead atoms. The number of benzene rings is 1. The van der Waals surface area contributed by atoms with Crippen molar-refractivity contribution in [2.45, 2.75) is 13.0 Å². The summed E-state index contributed by atoms with van der Waals surface area (Å²) in [5.41, 5.74) is 7.76. The monoisotopic (exact) mass is 247 g/mol. The van der Waals surface area contributed by atoms with Crippen molar-refractivity contribution in [3.63, 3.8) is 0 Å². The highest BCUT2D eigenvalue weighted by Crippen LogP contribution is 2.23. The molecule has 0 saturated carbocycles. The number of rotatable bonds is 3. The van der Waals surface area contributed by atoms with Crippen LogP contribution in [-0.2, 0) is 0 Å². The molecule has 1 heterocycles. The average molecular weight is 248 g/mol. The highest BCUT2D eigenvalue weighted by molar-refractivity contribution is 6.30. The lowest BCUT2D eigenvalue weighted by atomic mass is 10.1. The van der Waals surface area contributed by atoms with E-state index < -0.39 is 0 Å². The van der Waals surface area contributed by atoms with Gasteiger partial charge in [0.1, 0.15) is 5.82 Å². The number of hydrogen-bond acceptors (Lipinski definition) is 3. The van der Waals surface area contributed by atoms with Gasteiger partial charge in [0.15, 0.2) is 0 Å². The number of nitrogens with zero attached hydrogens (tertiary/aromatic N) is 1. The minimum absolute atomic E-state index is 0.102. The van der Waals surface area contributed by atoms with Crippen molar-refractivity contribution in [1.29, 1.82) is 0 Å². The molecule has 3 N–H and O–H groups in total. The Morgan fingerprint density at radius 3 is 2.65 bits per heavy atom. The number of nitrogens with two attached hydrogens (primary N) is 1. The van der Waals surface area contributed by atoms with Gasteiger partial charge in [-0.25, -0.2) is 4.98 Å². The van der Waals surface area contributed by atoms with Gasteiger partial charge in [0.25, 0.3) is 0 Å². The minimum atomic E-state index is 0.102. The van der Waals surface area contributed by atoms with E-state index in [1.807, 2.05) is 37.3 Å². The van der Waals surface area contributed by atoms with E-state index in [1.165, 1.54) is 0 Å². The second-order valence-corrected chi connectivity index (χ2v) is 4.29. The first-order valence-corrected chi connectivity index (χ1v) is 5.77. The van der Waals surface area contributed by atoms with Gasteiger partial charge in [-0.05, 0) is 30.7 Å². The van der Waals surface area contributed by atoms with Crippen molar-refractivity contribution in [2.24, 2.45) is 0 Å². The molecule has 2 rings (SSSR count). The van der Waals surface area contributed by atoms with Crippen LogP contribution in [0.1, 0.15) is 18.5 Å². The number of hydrogen-bond donors (Lipinski definition) is 2. The fraction of sp³-hybridized carbons (Fsp3) is 0.154. The molecule has 17 heavy (non-hydrogen) atoms. The van der Waals surface area contributed by atoms with Crippen LogP contribution >= 0.6 is 11.6 Å². The van der Waals surface area contributed by atoms with Crippen LogP contribution in [0, 0.1) is 0 Å². The van der Waals surface area contributed by atoms with Crippen LogP contribution in [0.5, 0.6) is 0 Å². The van der Waals surface area contributed by atoms with Gasteiger partial charge in [-0.3, -0.25) is 0 Å². The molecule has 0 radical (unpaired) electrons. The van der Waals surface area contributed by atoms with Gasteiger partial charge in [-0.1, -0.05) is 29.8 Å². The summed E-state index contributed by atoms with van der Waals surface area (Å²) in [4.78, 5) is 4.19. The lowest BCUT2D eigenvalue weighted by Gasteiger charge is -2.16. The molecule has 4 heteroatoms. The maximum Gasteiger partial charge on any atom is 0.126 e. The molecular formula is C13H14ClN3. The quantitative estimate of drug-likeness (QED) is 0.817. The molecule has 1 atom stereocenters. The second-order valence-electron chi connectivity index (χ2n) is 3.86. The summed E-state index contributed by atoms with van der Waals surface area (Å²) in [6.07, 6.45) is 1.62. The van der Waals surface area contributed by atoms with Crippen LogP contribution < -0.4 is 11.1 Å². The van der Waals surface area contributed by atoms with E-state index in [4.69, 9.17) is 17.3 Å². The second kappa shape index (κ2) is 5.06. The Hall–Kier alpha value is -1.74. The summed E-state index contributed by atoms with van der Waals surface area (Å²) in [5.74, 6) is 0.783. The van der Waals surface area contributed by atoms with Gasteiger partial charge in [-0.15, -0.1) is 0 Å². The number of nitrogens with one attached hydrogen (secondary N) is 1. The zero-order valence-electron chi connectivity index (χ0n) is 9.52. The van der Waals surface area contributed by atoms with Gasteiger partial charge in [0.2, 0.25) is 0 Å². The van der Waals surface area contributed by atoms with E-state index in [2.05, 4.69) is 10.3 Å². The lowest BCUT2D eigenvalue weighted by Crippen LogP contribution is -2.09. The molecule has 2 aromatic rings. The fourth-order valence-electron chi connectivity index (χ4n) is 1.67. The molecule has 0 fully saturated rings. The lowest BCUT2D eigenvalue weighted by molar-refractivity contribution is 0.878. The Balaban J connectivity index is 2.14. The summed E-state index contributed by atoms with van der Waals surface area (Å²) in [7, 11) is 0. The van der Waals surface area contributed by atoms with E-state index in [9.17, 15) is 0 Å². The standard InChI is InChI=1S/C13H14ClN3/c1-9(11-4-2-3-5-12(11)15)17-13-7-6-10(14)8-16-13/h2-9H,15H2,1H3,(H,16,17). The summed E-state index contributed by atoms with van der Waals surface area (Å²) >= 11 is 5.78. The van der Waals surface area contributed by atoms with E-state index in [-0.39, 0.29) is 6.04 Å². The normalized spacial score (nSPS) is 12.1. The first-order chi connectivity index (χ1) is 8.16. The first-order valence-electron chi connectivity index (χ1n) is 5.39. The van der Waals surface area contributed by atoms with Crippen LogP contribution in [0.3, 0.4) is 0 Å². The molecule has 1 aromatic heterocycles. The van der Waals surface area contributed by atoms with Crippen LogP contribution in [0.25, 0.3) is 0 Å². The number of anilines is 2. The molecule has 88 valence electrons. The molecule has 0 aliphatic heterocycles. The van der Waals surface area contributed by atoms with Crippen molar-refractivity contribution in [2.75, 3.05) is 11.1 Å². The molecular weight excluding hydrogens is 234 g/mol. The Morgan fingerprint density at radius 2 is 2.00 bits per heavy atom. The summed E-state index contributed by atoms with van der Waals surface area (Å²) in [5, 5.41) is 3.90. The van der Waals surface area contributed by atoms with Crippen LogP contribution in [0.2, 0.25) is 5.02 Å². The summed E-state index contributed by atoms with van der Waals surface area (Å²) in [6, 6.07) is 11.5. The third-order valence-corrected chi connectivity index (χ3v) is 2.78. The summed E-state index contributed by atoms with van der Waals surface area (Å²) in [6.45, 7) is 2.04. The molecule has 0 aliphatic rings. The summed E-state index contributed by atoms with van der Waals surface area (Å²) < 4.78 is 0. The van der Waals surface area contributed by atoms with Crippen molar-refractivity contribution in [3.8, 4) is 0 Å². The molecule has 3 nitrogen and oxygen atoms in total. The number of aromatic nitrogens is 1. The van der Waals surface area contributed by atoms with Crippen LogP contribution in [0.15, 0.2) is 42.6 Å². The van der Waals surface area contributed by atoms with Gasteiger partial charge in [0, 0.05) is 11.9 Å². The minimum Gasteiger partial charge on any atom is -0.398 e. The molecule has 0 aliphatic carbocycles.